The van der Waals surface area contributed by atoms with Gasteiger partial charge in [-0.3, -0.25) is 15.0 Å². The Hall–Kier alpha value is -2.64. The van der Waals surface area contributed by atoms with Crippen molar-refractivity contribution < 1.29 is 14.4 Å². The van der Waals surface area contributed by atoms with Crippen molar-refractivity contribution in [2.75, 3.05) is 38.3 Å². The highest BCUT2D eigenvalue weighted by Gasteiger charge is 2.44. The van der Waals surface area contributed by atoms with Gasteiger partial charge in [0.1, 0.15) is 11.5 Å². The van der Waals surface area contributed by atoms with Crippen molar-refractivity contribution in [1.82, 2.24) is 4.90 Å². The number of piperidine rings is 1. The van der Waals surface area contributed by atoms with Gasteiger partial charge in [-0.05, 0) is 29.8 Å². The zero-order chi connectivity index (χ0) is 19.6. The lowest BCUT2D eigenvalue weighted by atomic mass is 9.97. The molecule has 0 unspecified atom stereocenters. The molecule has 0 atom stereocenters. The van der Waals surface area contributed by atoms with Crippen LogP contribution in [0.5, 0.6) is 5.75 Å². The van der Waals surface area contributed by atoms with E-state index in [1.807, 2.05) is 24.3 Å². The molecule has 0 N–H and O–H groups in total. The lowest BCUT2D eigenvalue weighted by Crippen LogP contribution is -2.52. The second-order valence-electron chi connectivity index (χ2n) is 7.32. The molecule has 0 bridgehead atoms. The summed E-state index contributed by atoms with van der Waals surface area (Å²) in [6, 6.07) is 15.0. The molecule has 2 aromatic rings. The molecule has 4 rings (SSSR count). The molecule has 0 aliphatic carbocycles. The highest BCUT2D eigenvalue weighted by Crippen LogP contribution is 2.37. The first-order chi connectivity index (χ1) is 13.6. The number of nitro benzene ring substituents is 1. The zero-order valence-electron chi connectivity index (χ0n) is 16.0. The summed E-state index contributed by atoms with van der Waals surface area (Å²) in [7, 11) is 1.68. The van der Waals surface area contributed by atoms with Gasteiger partial charge in [0, 0.05) is 56.8 Å². The predicted molar refractivity (Wildman–Crippen MR) is 107 cm³/mol. The Morgan fingerprint density at radius 2 is 1.75 bits per heavy atom. The third-order valence-corrected chi connectivity index (χ3v) is 5.81. The number of nitrogens with zero attached hydrogens (tertiary/aromatic N) is 3. The standard InChI is InChI=1S/C21H25N3O4/c1-27-20-8-2-17(3-9-20)16-23-14-15-28-21(23)10-12-22(13-11-21)18-4-6-19(7-5-18)24(25)26/h2-9H,10-16H2,1H3. The summed E-state index contributed by atoms with van der Waals surface area (Å²) in [5, 5.41) is 10.8. The summed E-state index contributed by atoms with van der Waals surface area (Å²) in [6.07, 6.45) is 1.83. The van der Waals surface area contributed by atoms with Gasteiger partial charge >= 0.3 is 0 Å². The van der Waals surface area contributed by atoms with Gasteiger partial charge < -0.3 is 14.4 Å². The number of hydrogen-bond donors (Lipinski definition) is 0. The first-order valence-electron chi connectivity index (χ1n) is 9.61. The van der Waals surface area contributed by atoms with Crippen molar-refractivity contribution in [1.29, 1.82) is 0 Å². The van der Waals surface area contributed by atoms with Crippen LogP contribution in [0.3, 0.4) is 0 Å². The van der Waals surface area contributed by atoms with Crippen molar-refractivity contribution in [2.24, 2.45) is 0 Å². The van der Waals surface area contributed by atoms with E-state index in [1.165, 1.54) is 5.56 Å². The molecule has 2 saturated heterocycles. The van der Waals surface area contributed by atoms with Crippen LogP contribution in [-0.4, -0.2) is 48.9 Å². The Bertz CT molecular complexity index is 815. The number of benzene rings is 2. The van der Waals surface area contributed by atoms with Gasteiger partial charge in [-0.2, -0.15) is 0 Å². The molecule has 2 aliphatic heterocycles. The number of ether oxygens (including phenoxy) is 2. The first kappa shape index (κ1) is 18.7. The average molecular weight is 383 g/mol. The maximum atomic E-state index is 10.8. The predicted octanol–water partition coefficient (Wildman–Crippen LogP) is 3.43. The molecule has 148 valence electrons. The van der Waals surface area contributed by atoms with Gasteiger partial charge in [-0.15, -0.1) is 0 Å². The number of rotatable bonds is 5. The van der Waals surface area contributed by atoms with Crippen LogP contribution in [-0.2, 0) is 11.3 Å². The van der Waals surface area contributed by atoms with E-state index in [2.05, 4.69) is 21.9 Å². The van der Waals surface area contributed by atoms with Crippen molar-refractivity contribution in [3.8, 4) is 5.75 Å². The van der Waals surface area contributed by atoms with Crippen LogP contribution in [0.4, 0.5) is 11.4 Å². The molecule has 1 spiro atoms. The number of methoxy groups -OCH3 is 1. The van der Waals surface area contributed by atoms with Crippen LogP contribution in [0.25, 0.3) is 0 Å². The highest BCUT2D eigenvalue weighted by molar-refractivity contribution is 5.51. The number of hydrogen-bond acceptors (Lipinski definition) is 6. The Kier molecular flexibility index (Phi) is 5.19. The minimum atomic E-state index is -0.363. The molecular weight excluding hydrogens is 358 g/mol. The molecule has 7 heteroatoms. The second kappa shape index (κ2) is 7.77. The van der Waals surface area contributed by atoms with E-state index in [1.54, 1.807) is 19.2 Å². The smallest absolute Gasteiger partial charge is 0.269 e. The van der Waals surface area contributed by atoms with Crippen molar-refractivity contribution in [3.63, 3.8) is 0 Å². The Morgan fingerprint density at radius 3 is 2.36 bits per heavy atom. The maximum Gasteiger partial charge on any atom is 0.269 e. The van der Waals surface area contributed by atoms with E-state index in [-0.39, 0.29) is 16.3 Å². The van der Waals surface area contributed by atoms with Gasteiger partial charge in [-0.25, -0.2) is 0 Å². The average Bonchev–Trinajstić information content (AvgIpc) is 3.11. The number of nitro groups is 1. The van der Waals surface area contributed by atoms with E-state index in [0.29, 0.717) is 0 Å². The highest BCUT2D eigenvalue weighted by atomic mass is 16.6. The van der Waals surface area contributed by atoms with Gasteiger partial charge in [0.25, 0.3) is 5.69 Å². The Morgan fingerprint density at radius 1 is 1.07 bits per heavy atom. The molecule has 0 saturated carbocycles. The number of non-ortho nitro benzene ring substituents is 1. The van der Waals surface area contributed by atoms with Gasteiger partial charge in [0.2, 0.25) is 0 Å². The molecule has 0 amide bonds. The van der Waals surface area contributed by atoms with Crippen LogP contribution in [0.15, 0.2) is 48.5 Å². The molecule has 0 aromatic heterocycles. The van der Waals surface area contributed by atoms with Crippen LogP contribution in [0, 0.1) is 10.1 Å². The van der Waals surface area contributed by atoms with Gasteiger partial charge in [0.05, 0.1) is 18.6 Å². The Balaban J connectivity index is 1.40. The Labute approximate surface area is 164 Å². The van der Waals surface area contributed by atoms with Crippen LogP contribution in [0.2, 0.25) is 0 Å². The van der Waals surface area contributed by atoms with E-state index in [9.17, 15) is 10.1 Å². The fourth-order valence-electron chi connectivity index (χ4n) is 4.18. The molecule has 2 heterocycles. The van der Waals surface area contributed by atoms with E-state index < -0.39 is 0 Å². The van der Waals surface area contributed by atoms with Crippen LogP contribution >= 0.6 is 0 Å². The van der Waals surface area contributed by atoms with Gasteiger partial charge in [0.15, 0.2) is 0 Å². The third-order valence-electron chi connectivity index (χ3n) is 5.81. The molecule has 28 heavy (non-hydrogen) atoms. The molecule has 7 nitrogen and oxygen atoms in total. The molecule has 2 fully saturated rings. The molecule has 2 aliphatic rings. The van der Waals surface area contributed by atoms with Gasteiger partial charge in [-0.1, -0.05) is 12.1 Å². The summed E-state index contributed by atoms with van der Waals surface area (Å²) in [6.45, 7) is 4.30. The lowest BCUT2D eigenvalue weighted by molar-refractivity contribution is -0.384. The summed E-state index contributed by atoms with van der Waals surface area (Å²) in [5.41, 5.74) is 2.20. The zero-order valence-corrected chi connectivity index (χ0v) is 16.0. The minimum absolute atomic E-state index is 0.127. The van der Waals surface area contributed by atoms with Crippen molar-refractivity contribution in [3.05, 3.63) is 64.2 Å². The largest absolute Gasteiger partial charge is 0.497 e. The summed E-state index contributed by atoms with van der Waals surface area (Å²) in [5.74, 6) is 0.868. The van der Waals surface area contributed by atoms with Crippen molar-refractivity contribution >= 4 is 11.4 Å². The van der Waals surface area contributed by atoms with Crippen molar-refractivity contribution in [2.45, 2.75) is 25.1 Å². The first-order valence-corrected chi connectivity index (χ1v) is 9.61. The summed E-state index contributed by atoms with van der Waals surface area (Å²) in [4.78, 5) is 15.2. The van der Waals surface area contributed by atoms with E-state index >= 15 is 0 Å². The normalized spacial score (nSPS) is 19.1. The summed E-state index contributed by atoms with van der Waals surface area (Å²) >= 11 is 0. The fraction of sp³-hybridized carbons (Fsp3) is 0.429. The molecular formula is C21H25N3O4. The maximum absolute atomic E-state index is 10.8. The molecule has 2 aromatic carbocycles. The second-order valence-corrected chi connectivity index (χ2v) is 7.32. The molecule has 0 radical (unpaired) electrons. The monoisotopic (exact) mass is 383 g/mol. The van der Waals surface area contributed by atoms with Crippen LogP contribution < -0.4 is 9.64 Å². The third kappa shape index (κ3) is 3.68. The van der Waals surface area contributed by atoms with E-state index in [4.69, 9.17) is 9.47 Å². The van der Waals surface area contributed by atoms with E-state index in [0.717, 1.165) is 57.1 Å². The number of anilines is 1. The fourth-order valence-corrected chi connectivity index (χ4v) is 4.18. The minimum Gasteiger partial charge on any atom is -0.497 e. The lowest BCUT2D eigenvalue weighted by Gasteiger charge is -2.44. The quantitative estimate of drug-likeness (QED) is 0.582. The van der Waals surface area contributed by atoms with Crippen LogP contribution in [0.1, 0.15) is 18.4 Å². The summed E-state index contributed by atoms with van der Waals surface area (Å²) < 4.78 is 11.5. The topological polar surface area (TPSA) is 68.1 Å². The SMILES string of the molecule is COc1ccc(CN2CCOC23CCN(c2ccc([N+](=O)[O-])cc2)CC3)cc1.